The molecule has 0 aliphatic rings. The Kier molecular flexibility index (Phi) is 4.85. The van der Waals surface area contributed by atoms with Gasteiger partial charge in [0.15, 0.2) is 11.5 Å². The Morgan fingerprint density at radius 3 is 2.35 bits per heavy atom. The highest BCUT2D eigenvalue weighted by atomic mass is 16.5. The Balaban J connectivity index is 1.78. The fraction of sp³-hybridized carbons (Fsp3) is 0.250. The van der Waals surface area contributed by atoms with Gasteiger partial charge in [0.2, 0.25) is 0 Å². The lowest BCUT2D eigenvalue weighted by Crippen LogP contribution is -2.83. The summed E-state index contributed by atoms with van der Waals surface area (Å²) in [5.74, 6) is 0.973. The van der Waals surface area contributed by atoms with E-state index < -0.39 is 0 Å². The molecule has 0 heterocycles. The third-order valence-electron chi connectivity index (χ3n) is 3.20. The van der Waals surface area contributed by atoms with Crippen molar-refractivity contribution in [1.29, 1.82) is 0 Å². The van der Waals surface area contributed by atoms with Crippen LogP contribution in [-0.2, 0) is 13.0 Å². The molecular formula is C16H20NO3+. The molecule has 2 rings (SSSR count). The van der Waals surface area contributed by atoms with E-state index in [4.69, 9.17) is 4.74 Å². The number of benzene rings is 2. The Morgan fingerprint density at radius 2 is 1.70 bits per heavy atom. The molecule has 0 unspecified atom stereocenters. The van der Waals surface area contributed by atoms with Crippen molar-refractivity contribution in [3.05, 3.63) is 53.6 Å². The molecule has 106 valence electrons. The number of quaternary nitrogens is 1. The van der Waals surface area contributed by atoms with Gasteiger partial charge in [0.1, 0.15) is 12.3 Å². The maximum absolute atomic E-state index is 9.69. The number of hydrogen-bond donors (Lipinski definition) is 3. The van der Waals surface area contributed by atoms with Gasteiger partial charge in [0, 0.05) is 12.0 Å². The number of phenols is 2. The highest BCUT2D eigenvalue weighted by Crippen LogP contribution is 2.25. The van der Waals surface area contributed by atoms with E-state index in [1.54, 1.807) is 31.4 Å². The highest BCUT2D eigenvalue weighted by molar-refractivity contribution is 5.41. The van der Waals surface area contributed by atoms with Crippen LogP contribution < -0.4 is 10.1 Å². The van der Waals surface area contributed by atoms with Gasteiger partial charge in [-0.1, -0.05) is 12.1 Å². The van der Waals surface area contributed by atoms with Crippen LogP contribution >= 0.6 is 0 Å². The fourth-order valence-electron chi connectivity index (χ4n) is 2.06. The van der Waals surface area contributed by atoms with E-state index in [0.717, 1.165) is 25.1 Å². The van der Waals surface area contributed by atoms with E-state index >= 15 is 0 Å². The third-order valence-corrected chi connectivity index (χ3v) is 3.20. The van der Waals surface area contributed by atoms with Crippen LogP contribution in [0.15, 0.2) is 42.5 Å². The molecule has 0 saturated carbocycles. The first kappa shape index (κ1) is 14.2. The Hall–Kier alpha value is -2.20. The number of nitrogens with two attached hydrogens (primary N) is 1. The summed E-state index contributed by atoms with van der Waals surface area (Å²) in [6.45, 7) is 1.77. The number of ether oxygens (including phenoxy) is 1. The summed E-state index contributed by atoms with van der Waals surface area (Å²) in [5.41, 5.74) is 2.27. The van der Waals surface area contributed by atoms with Crippen LogP contribution in [0.25, 0.3) is 0 Å². The standard InChI is InChI=1S/C16H19NO3/c1-20-16-7-4-13(10-15(16)19)11-17-9-8-12-2-5-14(18)6-3-12/h2-7,10,17-19H,8-9,11H2,1H3/p+1. The lowest BCUT2D eigenvalue weighted by molar-refractivity contribution is -0.670. The molecule has 0 radical (unpaired) electrons. The van der Waals surface area contributed by atoms with Crippen molar-refractivity contribution in [3.63, 3.8) is 0 Å². The fourth-order valence-corrected chi connectivity index (χ4v) is 2.06. The zero-order valence-electron chi connectivity index (χ0n) is 11.5. The molecule has 0 bridgehead atoms. The highest BCUT2D eigenvalue weighted by Gasteiger charge is 2.03. The van der Waals surface area contributed by atoms with Crippen LogP contribution in [0, 0.1) is 0 Å². The Labute approximate surface area is 118 Å². The molecule has 0 atom stereocenters. The zero-order chi connectivity index (χ0) is 14.4. The topological polar surface area (TPSA) is 66.3 Å². The molecule has 0 aromatic heterocycles. The first-order valence-corrected chi connectivity index (χ1v) is 6.64. The van der Waals surface area contributed by atoms with E-state index in [-0.39, 0.29) is 5.75 Å². The SMILES string of the molecule is COc1ccc(C[NH2+]CCc2ccc(O)cc2)cc1O. The summed E-state index contributed by atoms with van der Waals surface area (Å²) in [7, 11) is 1.54. The van der Waals surface area contributed by atoms with Crippen LogP contribution in [0.3, 0.4) is 0 Å². The average molecular weight is 274 g/mol. The van der Waals surface area contributed by atoms with E-state index in [1.165, 1.54) is 5.56 Å². The minimum absolute atomic E-state index is 0.178. The number of rotatable bonds is 6. The van der Waals surface area contributed by atoms with Gasteiger partial charge >= 0.3 is 0 Å². The van der Waals surface area contributed by atoms with Gasteiger partial charge in [0.25, 0.3) is 0 Å². The van der Waals surface area contributed by atoms with Crippen LogP contribution in [-0.4, -0.2) is 23.9 Å². The summed E-state index contributed by atoms with van der Waals surface area (Å²) in [4.78, 5) is 0. The van der Waals surface area contributed by atoms with E-state index in [0.29, 0.717) is 11.5 Å². The summed E-state index contributed by atoms with van der Waals surface area (Å²) in [6, 6.07) is 12.7. The van der Waals surface area contributed by atoms with Crippen LogP contribution in [0.4, 0.5) is 0 Å². The quantitative estimate of drug-likeness (QED) is 0.698. The predicted molar refractivity (Wildman–Crippen MR) is 77.0 cm³/mol. The summed E-state index contributed by atoms with van der Waals surface area (Å²) in [6.07, 6.45) is 0.947. The van der Waals surface area contributed by atoms with Crippen molar-refractivity contribution in [2.24, 2.45) is 0 Å². The normalized spacial score (nSPS) is 10.4. The third kappa shape index (κ3) is 3.90. The van der Waals surface area contributed by atoms with Gasteiger partial charge < -0.3 is 20.3 Å². The zero-order valence-corrected chi connectivity index (χ0v) is 11.5. The first-order chi connectivity index (χ1) is 9.69. The summed E-state index contributed by atoms with van der Waals surface area (Å²) >= 11 is 0. The van der Waals surface area contributed by atoms with Crippen molar-refractivity contribution < 1.29 is 20.3 Å². The second kappa shape index (κ2) is 6.82. The van der Waals surface area contributed by atoms with Gasteiger partial charge in [-0.2, -0.15) is 0 Å². The molecule has 0 aliphatic heterocycles. The van der Waals surface area contributed by atoms with Crippen LogP contribution in [0.1, 0.15) is 11.1 Å². The van der Waals surface area contributed by atoms with Gasteiger partial charge in [-0.25, -0.2) is 0 Å². The van der Waals surface area contributed by atoms with Crippen LogP contribution in [0.5, 0.6) is 17.2 Å². The molecule has 2 aromatic rings. The second-order valence-electron chi connectivity index (χ2n) is 4.70. The molecule has 2 aromatic carbocycles. The molecule has 0 aliphatic carbocycles. The summed E-state index contributed by atoms with van der Waals surface area (Å²) < 4.78 is 5.01. The second-order valence-corrected chi connectivity index (χ2v) is 4.70. The predicted octanol–water partition coefficient (Wildman–Crippen LogP) is 1.41. The van der Waals surface area contributed by atoms with Gasteiger partial charge in [-0.05, 0) is 35.9 Å². The van der Waals surface area contributed by atoms with Crippen LogP contribution in [0.2, 0.25) is 0 Å². The van der Waals surface area contributed by atoms with E-state index in [1.807, 2.05) is 18.2 Å². The lowest BCUT2D eigenvalue weighted by Gasteiger charge is -2.06. The molecule has 4 N–H and O–H groups in total. The molecule has 0 saturated heterocycles. The maximum Gasteiger partial charge on any atom is 0.160 e. The number of hydrogen-bond acceptors (Lipinski definition) is 3. The van der Waals surface area contributed by atoms with Crippen molar-refractivity contribution in [3.8, 4) is 17.2 Å². The minimum atomic E-state index is 0.178. The Bertz CT molecular complexity index is 552. The molecule has 0 spiro atoms. The average Bonchev–Trinajstić information content (AvgIpc) is 2.46. The van der Waals surface area contributed by atoms with E-state index in [9.17, 15) is 10.2 Å². The van der Waals surface area contributed by atoms with Crippen molar-refractivity contribution >= 4 is 0 Å². The number of phenolic OH excluding ortho intramolecular Hbond substituents is 2. The summed E-state index contributed by atoms with van der Waals surface area (Å²) in [5, 5.41) is 21.1. The molecule has 4 heteroatoms. The lowest BCUT2D eigenvalue weighted by atomic mass is 10.1. The maximum atomic E-state index is 9.69. The molecule has 0 fully saturated rings. The molecular weight excluding hydrogens is 254 g/mol. The van der Waals surface area contributed by atoms with Crippen molar-refractivity contribution in [2.75, 3.05) is 13.7 Å². The largest absolute Gasteiger partial charge is 0.508 e. The minimum Gasteiger partial charge on any atom is -0.508 e. The molecule has 20 heavy (non-hydrogen) atoms. The molecule has 4 nitrogen and oxygen atoms in total. The van der Waals surface area contributed by atoms with E-state index in [2.05, 4.69) is 5.32 Å². The monoisotopic (exact) mass is 274 g/mol. The first-order valence-electron chi connectivity index (χ1n) is 6.64. The number of methoxy groups -OCH3 is 1. The smallest absolute Gasteiger partial charge is 0.160 e. The molecule has 0 amide bonds. The van der Waals surface area contributed by atoms with Gasteiger partial charge in [0.05, 0.1) is 13.7 Å². The van der Waals surface area contributed by atoms with Gasteiger partial charge in [-0.3, -0.25) is 0 Å². The van der Waals surface area contributed by atoms with Crippen molar-refractivity contribution in [2.45, 2.75) is 13.0 Å². The Morgan fingerprint density at radius 1 is 1.00 bits per heavy atom. The van der Waals surface area contributed by atoms with Crippen molar-refractivity contribution in [1.82, 2.24) is 0 Å². The number of aromatic hydroxyl groups is 2. The van der Waals surface area contributed by atoms with Gasteiger partial charge in [-0.15, -0.1) is 0 Å².